The van der Waals surface area contributed by atoms with Crippen LogP contribution in [0.15, 0.2) is 48.5 Å². The molecule has 0 radical (unpaired) electrons. The highest BCUT2D eigenvalue weighted by molar-refractivity contribution is 5.94. The average Bonchev–Trinajstić information content (AvgIpc) is 3.23. The first-order chi connectivity index (χ1) is 11.7. The van der Waals surface area contributed by atoms with Crippen LogP contribution in [-0.2, 0) is 0 Å². The second kappa shape index (κ2) is 5.10. The monoisotopic (exact) mass is 318 g/mol. The lowest BCUT2D eigenvalue weighted by Gasteiger charge is -2.44. The van der Waals surface area contributed by atoms with E-state index in [0.29, 0.717) is 23.3 Å². The highest BCUT2D eigenvalue weighted by Gasteiger charge is 2.53. The fourth-order valence-corrected chi connectivity index (χ4v) is 5.67. The Morgan fingerprint density at radius 1 is 1.00 bits per heavy atom. The highest BCUT2D eigenvalue weighted by atomic mass is 16.4. The van der Waals surface area contributed by atoms with Crippen molar-refractivity contribution in [1.82, 2.24) is 0 Å². The number of fused-ring (bicyclic) bond motifs is 7. The van der Waals surface area contributed by atoms with Crippen LogP contribution >= 0.6 is 0 Å². The lowest BCUT2D eigenvalue weighted by atomic mass is 9.67. The molecule has 1 N–H and O–H groups in total. The molecule has 0 unspecified atom stereocenters. The first kappa shape index (κ1) is 14.1. The second-order valence-corrected chi connectivity index (χ2v) is 7.53. The molecule has 0 saturated heterocycles. The Labute approximate surface area is 141 Å². The summed E-state index contributed by atoms with van der Waals surface area (Å²) in [5, 5.41) is 15.2. The summed E-state index contributed by atoms with van der Waals surface area (Å²) < 4.78 is 0. The van der Waals surface area contributed by atoms with Crippen molar-refractivity contribution in [3.63, 3.8) is 0 Å². The number of carboxylic acids is 1. The maximum atomic E-state index is 11.6. The molecule has 2 saturated carbocycles. The summed E-state index contributed by atoms with van der Waals surface area (Å²) in [7, 11) is 0. The molecular formula is C21H20NO2-. The molecule has 2 fully saturated rings. The standard InChI is InChI=1S/C21H21NO2/c23-21(24)16-8-4-7-15-17-13-9-10-14(11-13)18(17)19(22-20(15)16)12-5-2-1-3-6-12/h1-8,13-14,17-19,22H,9-11H2,(H,23,24)/p-1/t13-,14+,17+,18-,19+/m0/s1. The molecule has 3 heteroatoms. The Morgan fingerprint density at radius 3 is 2.58 bits per heavy atom. The number of carbonyl (C=O) groups is 1. The molecule has 0 amide bonds. The van der Waals surface area contributed by atoms with Crippen molar-refractivity contribution in [2.24, 2.45) is 17.8 Å². The van der Waals surface area contributed by atoms with Crippen LogP contribution in [0.3, 0.4) is 0 Å². The van der Waals surface area contributed by atoms with E-state index in [0.717, 1.165) is 11.6 Å². The van der Waals surface area contributed by atoms with E-state index in [4.69, 9.17) is 0 Å². The number of carbonyl (C=O) groups excluding carboxylic acids is 1. The number of rotatable bonds is 2. The van der Waals surface area contributed by atoms with Crippen LogP contribution in [0.5, 0.6) is 0 Å². The third kappa shape index (κ3) is 1.87. The summed E-state index contributed by atoms with van der Waals surface area (Å²) in [6.45, 7) is 0. The van der Waals surface area contributed by atoms with Gasteiger partial charge in [-0.05, 0) is 54.1 Å². The topological polar surface area (TPSA) is 52.2 Å². The van der Waals surface area contributed by atoms with Crippen LogP contribution in [0.1, 0.15) is 52.7 Å². The van der Waals surface area contributed by atoms with E-state index >= 15 is 0 Å². The normalized spacial score (nSPS) is 32.8. The third-order valence-corrected chi connectivity index (χ3v) is 6.50. The van der Waals surface area contributed by atoms with Crippen molar-refractivity contribution < 1.29 is 9.90 Å². The number of benzene rings is 2. The molecule has 2 aromatic carbocycles. The number of aromatic carboxylic acids is 1. The zero-order valence-corrected chi connectivity index (χ0v) is 13.4. The van der Waals surface area contributed by atoms with E-state index in [1.54, 1.807) is 6.07 Å². The summed E-state index contributed by atoms with van der Waals surface area (Å²) in [6, 6.07) is 16.3. The molecule has 1 aliphatic heterocycles. The second-order valence-electron chi connectivity index (χ2n) is 7.53. The number of hydrogen-bond acceptors (Lipinski definition) is 3. The van der Waals surface area contributed by atoms with Gasteiger partial charge >= 0.3 is 0 Å². The van der Waals surface area contributed by atoms with Crippen LogP contribution in [-0.4, -0.2) is 5.97 Å². The summed E-state index contributed by atoms with van der Waals surface area (Å²) >= 11 is 0. The van der Waals surface area contributed by atoms with Crippen LogP contribution in [0, 0.1) is 17.8 Å². The SMILES string of the molecule is O=C([O-])c1cccc2c1N[C@H](c1ccccc1)[C@H]1[C@@H]3CC[C@@H](C3)[C@H]21. The van der Waals surface area contributed by atoms with Crippen molar-refractivity contribution in [3.8, 4) is 0 Å². The van der Waals surface area contributed by atoms with Crippen molar-refractivity contribution in [3.05, 3.63) is 65.2 Å². The Kier molecular flexibility index (Phi) is 2.99. The zero-order chi connectivity index (χ0) is 16.3. The predicted octanol–water partition coefficient (Wildman–Crippen LogP) is 3.35. The summed E-state index contributed by atoms with van der Waals surface area (Å²) in [5.41, 5.74) is 3.55. The minimum absolute atomic E-state index is 0.194. The van der Waals surface area contributed by atoms with Crippen molar-refractivity contribution in [2.45, 2.75) is 31.2 Å². The first-order valence-electron chi connectivity index (χ1n) is 8.90. The fourth-order valence-electron chi connectivity index (χ4n) is 5.67. The van der Waals surface area contributed by atoms with Gasteiger partial charge < -0.3 is 15.2 Å². The molecule has 2 aromatic rings. The molecule has 1 heterocycles. The highest BCUT2D eigenvalue weighted by Crippen LogP contribution is 2.63. The summed E-state index contributed by atoms with van der Waals surface area (Å²) in [6.07, 6.45) is 3.88. The molecule has 2 bridgehead atoms. The lowest BCUT2D eigenvalue weighted by Crippen LogP contribution is -2.37. The lowest BCUT2D eigenvalue weighted by molar-refractivity contribution is -0.254. The van der Waals surface area contributed by atoms with E-state index in [1.165, 1.54) is 30.4 Å². The van der Waals surface area contributed by atoms with Gasteiger partial charge in [0, 0.05) is 11.3 Å². The third-order valence-electron chi connectivity index (χ3n) is 6.50. The summed E-state index contributed by atoms with van der Waals surface area (Å²) in [4.78, 5) is 11.6. The van der Waals surface area contributed by atoms with Crippen LogP contribution in [0.2, 0.25) is 0 Å². The number of carboxylic acid groups (broad SMARTS) is 1. The number of nitrogens with one attached hydrogen (secondary N) is 1. The molecule has 2 aliphatic carbocycles. The van der Waals surface area contributed by atoms with Gasteiger partial charge in [-0.25, -0.2) is 0 Å². The molecule has 0 spiro atoms. The molecule has 0 aromatic heterocycles. The van der Waals surface area contributed by atoms with Crippen molar-refractivity contribution >= 4 is 11.7 Å². The minimum Gasteiger partial charge on any atom is -0.545 e. The van der Waals surface area contributed by atoms with E-state index < -0.39 is 5.97 Å². The molecule has 24 heavy (non-hydrogen) atoms. The van der Waals surface area contributed by atoms with Gasteiger partial charge in [0.1, 0.15) is 0 Å². The Hall–Kier alpha value is -2.29. The molecule has 3 aliphatic rings. The van der Waals surface area contributed by atoms with Crippen molar-refractivity contribution in [2.75, 3.05) is 5.32 Å². The smallest absolute Gasteiger partial charge is 0.0736 e. The maximum Gasteiger partial charge on any atom is 0.0736 e. The minimum atomic E-state index is -1.09. The van der Waals surface area contributed by atoms with Gasteiger partial charge in [0.25, 0.3) is 0 Å². The van der Waals surface area contributed by atoms with Crippen LogP contribution in [0.25, 0.3) is 0 Å². The van der Waals surface area contributed by atoms with E-state index in [-0.39, 0.29) is 6.04 Å². The summed E-state index contributed by atoms with van der Waals surface area (Å²) in [5.74, 6) is 1.40. The number of anilines is 1. The van der Waals surface area contributed by atoms with Gasteiger partial charge in [-0.3, -0.25) is 0 Å². The molecule has 122 valence electrons. The van der Waals surface area contributed by atoms with Gasteiger partial charge in [-0.2, -0.15) is 0 Å². The predicted molar refractivity (Wildman–Crippen MR) is 90.6 cm³/mol. The Balaban J connectivity index is 1.69. The largest absolute Gasteiger partial charge is 0.545 e. The number of hydrogen-bond donors (Lipinski definition) is 1. The van der Waals surface area contributed by atoms with Gasteiger partial charge in [0.2, 0.25) is 0 Å². The molecule has 3 nitrogen and oxygen atoms in total. The van der Waals surface area contributed by atoms with Gasteiger partial charge in [-0.15, -0.1) is 0 Å². The van der Waals surface area contributed by atoms with Crippen LogP contribution < -0.4 is 10.4 Å². The Bertz CT molecular complexity index is 801. The van der Waals surface area contributed by atoms with Gasteiger partial charge in [-0.1, -0.05) is 48.5 Å². The van der Waals surface area contributed by atoms with Gasteiger partial charge in [0.15, 0.2) is 0 Å². The van der Waals surface area contributed by atoms with E-state index in [2.05, 4.69) is 35.6 Å². The fraction of sp³-hybridized carbons (Fsp3) is 0.381. The average molecular weight is 318 g/mol. The number of para-hydroxylation sites is 1. The maximum absolute atomic E-state index is 11.6. The molecular weight excluding hydrogens is 298 g/mol. The van der Waals surface area contributed by atoms with Crippen molar-refractivity contribution in [1.29, 1.82) is 0 Å². The Morgan fingerprint density at radius 2 is 1.79 bits per heavy atom. The molecule has 5 atom stereocenters. The zero-order valence-electron chi connectivity index (χ0n) is 13.4. The quantitative estimate of drug-likeness (QED) is 0.924. The first-order valence-corrected chi connectivity index (χ1v) is 8.90. The van der Waals surface area contributed by atoms with Gasteiger partial charge in [0.05, 0.1) is 12.0 Å². The van der Waals surface area contributed by atoms with Crippen LogP contribution in [0.4, 0.5) is 5.69 Å². The van der Waals surface area contributed by atoms with E-state index in [9.17, 15) is 9.90 Å². The molecule has 5 rings (SSSR count). The van der Waals surface area contributed by atoms with E-state index in [1.807, 2.05) is 12.1 Å².